The fraction of sp³-hybridized carbons (Fsp3) is 0.278. The van der Waals surface area contributed by atoms with Crippen LogP contribution in [0, 0.1) is 13.8 Å². The number of benzene rings is 4. The van der Waals surface area contributed by atoms with Crippen molar-refractivity contribution >= 4 is 43.5 Å². The molecule has 2 atom stereocenters. The van der Waals surface area contributed by atoms with Crippen LogP contribution in [0.15, 0.2) is 112 Å². The first-order valence-electron chi connectivity index (χ1n) is 15.0. The molecule has 0 saturated heterocycles. The molecule has 0 saturated carbocycles. The number of carbonyl (C=O) groups excluding carboxylic acids is 2. The summed E-state index contributed by atoms with van der Waals surface area (Å²) in [6.45, 7) is 7.23. The molecule has 0 aromatic heterocycles. The molecule has 4 aromatic rings. The normalized spacial score (nSPS) is 12.6. The lowest BCUT2D eigenvalue weighted by Crippen LogP contribution is -2.54. The van der Waals surface area contributed by atoms with Crippen LogP contribution in [0.4, 0.5) is 5.69 Å². The maximum absolute atomic E-state index is 14.6. The van der Waals surface area contributed by atoms with Crippen LogP contribution >= 0.6 is 15.9 Å². The Morgan fingerprint density at radius 3 is 2.07 bits per heavy atom. The monoisotopic (exact) mass is 689 g/mol. The molecule has 0 radical (unpaired) electrons. The van der Waals surface area contributed by atoms with Crippen LogP contribution in [0.1, 0.15) is 42.5 Å². The van der Waals surface area contributed by atoms with Gasteiger partial charge in [-0.15, -0.1) is 0 Å². The predicted molar refractivity (Wildman–Crippen MR) is 183 cm³/mol. The van der Waals surface area contributed by atoms with Gasteiger partial charge in [-0.2, -0.15) is 0 Å². The highest BCUT2D eigenvalue weighted by atomic mass is 79.9. The Labute approximate surface area is 275 Å². The molecule has 0 heterocycles. The molecule has 1 N–H and O–H groups in total. The summed E-state index contributed by atoms with van der Waals surface area (Å²) in [5.41, 5.74) is 3.72. The Morgan fingerprint density at radius 1 is 0.822 bits per heavy atom. The van der Waals surface area contributed by atoms with E-state index in [2.05, 4.69) is 21.2 Å². The molecule has 0 spiro atoms. The number of halogens is 1. The van der Waals surface area contributed by atoms with Crippen LogP contribution in [-0.2, 0) is 32.6 Å². The van der Waals surface area contributed by atoms with Crippen LogP contribution in [0.2, 0.25) is 0 Å². The predicted octanol–water partition coefficient (Wildman–Crippen LogP) is 6.82. The van der Waals surface area contributed by atoms with Crippen LogP contribution < -0.4 is 9.62 Å². The number of rotatable bonds is 13. The van der Waals surface area contributed by atoms with E-state index in [9.17, 15) is 18.0 Å². The number of hydrogen-bond donors (Lipinski definition) is 1. The zero-order valence-corrected chi connectivity index (χ0v) is 28.5. The summed E-state index contributed by atoms with van der Waals surface area (Å²) in [6, 6.07) is 29.8. The zero-order chi connectivity index (χ0) is 32.6. The van der Waals surface area contributed by atoms with Gasteiger partial charge in [0.25, 0.3) is 10.0 Å². The van der Waals surface area contributed by atoms with Gasteiger partial charge in [-0.25, -0.2) is 8.42 Å². The molecule has 45 heavy (non-hydrogen) atoms. The minimum absolute atomic E-state index is 0.0824. The van der Waals surface area contributed by atoms with Crippen molar-refractivity contribution in [2.24, 2.45) is 0 Å². The third-order valence-corrected chi connectivity index (χ3v) is 10.1. The fourth-order valence-corrected chi connectivity index (χ4v) is 6.72. The van der Waals surface area contributed by atoms with E-state index < -0.39 is 28.5 Å². The third-order valence-electron chi connectivity index (χ3n) is 7.81. The summed E-state index contributed by atoms with van der Waals surface area (Å²) >= 11 is 3.47. The Balaban J connectivity index is 1.81. The fourth-order valence-electron chi connectivity index (χ4n) is 4.98. The van der Waals surface area contributed by atoms with E-state index in [1.165, 1.54) is 4.90 Å². The lowest BCUT2D eigenvalue weighted by Gasteiger charge is -2.34. The number of amides is 2. The first kappa shape index (κ1) is 33.9. The van der Waals surface area contributed by atoms with Gasteiger partial charge in [0.2, 0.25) is 11.8 Å². The summed E-state index contributed by atoms with van der Waals surface area (Å²) in [6.07, 6.45) is 0.987. The summed E-state index contributed by atoms with van der Waals surface area (Å²) in [5, 5.41) is 3.06. The van der Waals surface area contributed by atoms with Crippen molar-refractivity contribution in [3.05, 3.63) is 130 Å². The van der Waals surface area contributed by atoms with Crippen molar-refractivity contribution in [2.75, 3.05) is 10.8 Å². The molecule has 0 aliphatic carbocycles. The maximum Gasteiger partial charge on any atom is 0.264 e. The summed E-state index contributed by atoms with van der Waals surface area (Å²) in [7, 11) is -4.15. The average molecular weight is 691 g/mol. The Morgan fingerprint density at radius 2 is 1.44 bits per heavy atom. The van der Waals surface area contributed by atoms with E-state index in [1.807, 2.05) is 94.4 Å². The number of hydrogen-bond acceptors (Lipinski definition) is 4. The molecule has 7 nitrogen and oxygen atoms in total. The molecule has 4 aromatic carbocycles. The van der Waals surface area contributed by atoms with Gasteiger partial charge >= 0.3 is 0 Å². The highest BCUT2D eigenvalue weighted by Gasteiger charge is 2.35. The molecule has 9 heteroatoms. The van der Waals surface area contributed by atoms with Crippen molar-refractivity contribution in [1.82, 2.24) is 10.2 Å². The Bertz CT molecular complexity index is 1690. The van der Waals surface area contributed by atoms with Gasteiger partial charge in [-0.1, -0.05) is 101 Å². The van der Waals surface area contributed by atoms with Gasteiger partial charge in [0.1, 0.15) is 12.6 Å². The number of nitrogens with one attached hydrogen (secondary N) is 1. The molecule has 0 unspecified atom stereocenters. The summed E-state index contributed by atoms with van der Waals surface area (Å²) in [4.78, 5) is 30.1. The van der Waals surface area contributed by atoms with Gasteiger partial charge in [0.15, 0.2) is 0 Å². The summed E-state index contributed by atoms with van der Waals surface area (Å²) < 4.78 is 30.4. The molecular weight excluding hydrogens is 650 g/mol. The van der Waals surface area contributed by atoms with E-state index in [0.717, 1.165) is 31.9 Å². The standard InChI is InChI=1S/C36H40BrN3O4S/c1-5-28(4)38-36(42)34(23-29-12-7-6-8-13-29)39(24-30-17-19-31(37)20-18-30)35(41)25-40(33-14-10-9-11-27(33)3)45(43,44)32-21-15-26(2)16-22-32/h6-22,28,34H,5,23-25H2,1-4H3,(H,38,42)/t28-,34+/m1/s1. The highest BCUT2D eigenvalue weighted by Crippen LogP contribution is 2.28. The number of nitrogens with zero attached hydrogens (tertiary/aromatic N) is 2. The topological polar surface area (TPSA) is 86.8 Å². The van der Waals surface area contributed by atoms with E-state index >= 15 is 0 Å². The first-order chi connectivity index (χ1) is 21.5. The molecule has 236 valence electrons. The smallest absolute Gasteiger partial charge is 0.264 e. The summed E-state index contributed by atoms with van der Waals surface area (Å²) in [5.74, 6) is -0.778. The van der Waals surface area contributed by atoms with Crippen molar-refractivity contribution in [3.63, 3.8) is 0 Å². The van der Waals surface area contributed by atoms with Crippen molar-refractivity contribution < 1.29 is 18.0 Å². The Hall–Kier alpha value is -3.95. The van der Waals surface area contributed by atoms with E-state index in [1.54, 1.807) is 36.4 Å². The van der Waals surface area contributed by atoms with Crippen LogP contribution in [-0.4, -0.2) is 43.8 Å². The van der Waals surface area contributed by atoms with Crippen molar-refractivity contribution in [1.29, 1.82) is 0 Å². The van der Waals surface area contributed by atoms with E-state index in [-0.39, 0.29) is 29.8 Å². The average Bonchev–Trinajstić information content (AvgIpc) is 3.03. The number of carbonyl (C=O) groups is 2. The van der Waals surface area contributed by atoms with Gasteiger partial charge < -0.3 is 10.2 Å². The lowest BCUT2D eigenvalue weighted by molar-refractivity contribution is -0.140. The Kier molecular flexibility index (Phi) is 11.6. The second kappa shape index (κ2) is 15.4. The van der Waals surface area contributed by atoms with Gasteiger partial charge in [-0.05, 0) is 74.2 Å². The highest BCUT2D eigenvalue weighted by molar-refractivity contribution is 9.10. The van der Waals surface area contributed by atoms with Crippen molar-refractivity contribution in [2.45, 2.75) is 64.1 Å². The van der Waals surface area contributed by atoms with Crippen LogP contribution in [0.5, 0.6) is 0 Å². The number of para-hydroxylation sites is 1. The molecule has 0 aliphatic heterocycles. The van der Waals surface area contributed by atoms with Crippen LogP contribution in [0.25, 0.3) is 0 Å². The third kappa shape index (κ3) is 8.83. The van der Waals surface area contributed by atoms with Gasteiger partial charge in [0, 0.05) is 23.5 Å². The van der Waals surface area contributed by atoms with Gasteiger partial charge in [0.05, 0.1) is 10.6 Å². The minimum Gasteiger partial charge on any atom is -0.352 e. The molecule has 2 amide bonds. The molecule has 0 aliphatic rings. The molecule has 4 rings (SSSR count). The second-order valence-electron chi connectivity index (χ2n) is 11.3. The molecular formula is C36H40BrN3O4S. The minimum atomic E-state index is -4.15. The first-order valence-corrected chi connectivity index (χ1v) is 17.3. The molecule has 0 bridgehead atoms. The second-order valence-corrected chi connectivity index (χ2v) is 14.1. The number of anilines is 1. The number of aryl methyl sites for hydroxylation is 2. The number of sulfonamides is 1. The molecule has 0 fully saturated rings. The SMILES string of the molecule is CC[C@@H](C)NC(=O)[C@H](Cc1ccccc1)N(Cc1ccc(Br)cc1)C(=O)CN(c1ccccc1C)S(=O)(=O)c1ccc(C)cc1. The maximum atomic E-state index is 14.6. The van der Waals surface area contributed by atoms with Crippen molar-refractivity contribution in [3.8, 4) is 0 Å². The van der Waals surface area contributed by atoms with E-state index in [4.69, 9.17) is 0 Å². The van der Waals surface area contributed by atoms with Gasteiger partial charge in [-0.3, -0.25) is 13.9 Å². The van der Waals surface area contributed by atoms with E-state index in [0.29, 0.717) is 11.3 Å². The zero-order valence-electron chi connectivity index (χ0n) is 26.1. The van der Waals surface area contributed by atoms with Crippen LogP contribution in [0.3, 0.4) is 0 Å². The lowest BCUT2D eigenvalue weighted by atomic mass is 10.0. The largest absolute Gasteiger partial charge is 0.352 e. The quantitative estimate of drug-likeness (QED) is 0.167.